The first-order valence-electron chi connectivity index (χ1n) is 8.20. The van der Waals surface area contributed by atoms with E-state index in [1.54, 1.807) is 6.07 Å². The van der Waals surface area contributed by atoms with Crippen LogP contribution in [0.25, 0.3) is 10.8 Å². The molecule has 0 spiro atoms. The Morgan fingerprint density at radius 1 is 1.00 bits per heavy atom. The molecule has 0 aliphatic carbocycles. The second-order valence-corrected chi connectivity index (χ2v) is 5.73. The Bertz CT molecular complexity index is 857. The molecule has 1 atom stereocenters. The zero-order valence-electron chi connectivity index (χ0n) is 14.0. The summed E-state index contributed by atoms with van der Waals surface area (Å²) in [6.45, 7) is 4.43. The van der Waals surface area contributed by atoms with Gasteiger partial charge in [0.2, 0.25) is 0 Å². The van der Waals surface area contributed by atoms with Crippen LogP contribution in [-0.2, 0) is 0 Å². The lowest BCUT2D eigenvalue weighted by atomic mass is 10.0. The Balaban J connectivity index is 1.80. The molecule has 3 heteroatoms. The number of ether oxygens (including phenoxy) is 1. The van der Waals surface area contributed by atoms with Crippen LogP contribution in [0.15, 0.2) is 66.7 Å². The van der Waals surface area contributed by atoms with Gasteiger partial charge in [0.1, 0.15) is 5.75 Å². The molecule has 0 aliphatic heterocycles. The van der Waals surface area contributed by atoms with Gasteiger partial charge in [-0.1, -0.05) is 48.5 Å². The molecule has 1 unspecified atom stereocenters. The fourth-order valence-electron chi connectivity index (χ4n) is 2.77. The molecule has 0 heterocycles. The van der Waals surface area contributed by atoms with Gasteiger partial charge in [-0.05, 0) is 48.4 Å². The number of para-hydroxylation sites is 1. The lowest BCUT2D eigenvalue weighted by molar-refractivity contribution is 0.0936. The van der Waals surface area contributed by atoms with Crippen LogP contribution in [-0.4, -0.2) is 12.5 Å². The number of fused-ring (bicyclic) bond motifs is 1. The second kappa shape index (κ2) is 7.18. The van der Waals surface area contributed by atoms with E-state index < -0.39 is 0 Å². The third kappa shape index (κ3) is 3.40. The van der Waals surface area contributed by atoms with Crippen LogP contribution >= 0.6 is 0 Å². The lowest BCUT2D eigenvalue weighted by Gasteiger charge is -2.16. The average Bonchev–Trinajstić information content (AvgIpc) is 2.62. The molecule has 0 saturated heterocycles. The van der Waals surface area contributed by atoms with E-state index in [-0.39, 0.29) is 11.9 Å². The normalized spacial score (nSPS) is 11.9. The Labute approximate surface area is 142 Å². The van der Waals surface area contributed by atoms with Crippen LogP contribution in [0.4, 0.5) is 0 Å². The second-order valence-electron chi connectivity index (χ2n) is 5.73. The third-order valence-corrected chi connectivity index (χ3v) is 4.05. The minimum Gasteiger partial charge on any atom is -0.493 e. The summed E-state index contributed by atoms with van der Waals surface area (Å²) in [5.74, 6) is 0.489. The highest BCUT2D eigenvalue weighted by Gasteiger charge is 2.15. The quantitative estimate of drug-likeness (QED) is 0.738. The van der Waals surface area contributed by atoms with Crippen LogP contribution in [0.3, 0.4) is 0 Å². The van der Waals surface area contributed by atoms with E-state index in [0.29, 0.717) is 17.9 Å². The number of hydrogen-bond donors (Lipinski definition) is 1. The van der Waals surface area contributed by atoms with Crippen LogP contribution in [0.1, 0.15) is 35.8 Å². The number of carbonyl (C=O) groups is 1. The molecule has 3 rings (SSSR count). The molecule has 0 aromatic heterocycles. The van der Waals surface area contributed by atoms with E-state index in [0.717, 1.165) is 5.56 Å². The predicted molar refractivity (Wildman–Crippen MR) is 97.4 cm³/mol. The van der Waals surface area contributed by atoms with E-state index in [9.17, 15) is 4.79 Å². The first kappa shape index (κ1) is 16.1. The molecule has 3 aromatic rings. The summed E-state index contributed by atoms with van der Waals surface area (Å²) < 4.78 is 5.54. The number of carbonyl (C=O) groups excluding carboxylic acids is 1. The standard InChI is InChI=1S/C21H21NO2/c1-3-24-20-11-7-6-10-19(20)21(23)22-15(2)17-13-12-16-8-4-5-9-18(16)14-17/h4-15H,3H2,1-2H3,(H,22,23). The zero-order valence-corrected chi connectivity index (χ0v) is 14.0. The van der Waals surface area contributed by atoms with Gasteiger partial charge in [0.25, 0.3) is 5.91 Å². The Kier molecular flexibility index (Phi) is 4.80. The monoisotopic (exact) mass is 319 g/mol. The van der Waals surface area contributed by atoms with Crippen LogP contribution < -0.4 is 10.1 Å². The SMILES string of the molecule is CCOc1ccccc1C(=O)NC(C)c1ccc2ccccc2c1. The highest BCUT2D eigenvalue weighted by Crippen LogP contribution is 2.22. The maximum Gasteiger partial charge on any atom is 0.255 e. The van der Waals surface area contributed by atoms with Crippen molar-refractivity contribution in [3.05, 3.63) is 77.9 Å². The van der Waals surface area contributed by atoms with Crippen molar-refractivity contribution in [3.63, 3.8) is 0 Å². The van der Waals surface area contributed by atoms with Crippen molar-refractivity contribution in [2.24, 2.45) is 0 Å². The van der Waals surface area contributed by atoms with Crippen molar-refractivity contribution in [1.29, 1.82) is 0 Å². The molecular weight excluding hydrogens is 298 g/mol. The van der Waals surface area contributed by atoms with Gasteiger partial charge < -0.3 is 10.1 Å². The Morgan fingerprint density at radius 2 is 1.71 bits per heavy atom. The summed E-state index contributed by atoms with van der Waals surface area (Å²) >= 11 is 0. The fourth-order valence-corrected chi connectivity index (χ4v) is 2.77. The number of amides is 1. The van der Waals surface area contributed by atoms with Gasteiger partial charge in [0, 0.05) is 0 Å². The highest BCUT2D eigenvalue weighted by molar-refractivity contribution is 5.97. The largest absolute Gasteiger partial charge is 0.493 e. The molecule has 0 saturated carbocycles. The summed E-state index contributed by atoms with van der Waals surface area (Å²) in [7, 11) is 0. The van der Waals surface area contributed by atoms with Gasteiger partial charge in [0.15, 0.2) is 0 Å². The molecule has 0 radical (unpaired) electrons. The smallest absolute Gasteiger partial charge is 0.255 e. The molecule has 0 bridgehead atoms. The highest BCUT2D eigenvalue weighted by atomic mass is 16.5. The Hall–Kier alpha value is -2.81. The van der Waals surface area contributed by atoms with Crippen LogP contribution in [0, 0.1) is 0 Å². The maximum absolute atomic E-state index is 12.6. The molecule has 1 N–H and O–H groups in total. The lowest BCUT2D eigenvalue weighted by Crippen LogP contribution is -2.27. The third-order valence-electron chi connectivity index (χ3n) is 4.05. The molecule has 122 valence electrons. The van der Waals surface area contributed by atoms with Gasteiger partial charge in [0.05, 0.1) is 18.2 Å². The van der Waals surface area contributed by atoms with E-state index in [1.807, 2.05) is 44.2 Å². The molecular formula is C21H21NO2. The van der Waals surface area contributed by atoms with Crippen molar-refractivity contribution in [1.82, 2.24) is 5.32 Å². The van der Waals surface area contributed by atoms with Crippen molar-refractivity contribution < 1.29 is 9.53 Å². The summed E-state index contributed by atoms with van der Waals surface area (Å²) in [5, 5.41) is 5.42. The van der Waals surface area contributed by atoms with Crippen molar-refractivity contribution in [2.75, 3.05) is 6.61 Å². The molecule has 24 heavy (non-hydrogen) atoms. The zero-order chi connectivity index (χ0) is 16.9. The Morgan fingerprint density at radius 3 is 2.50 bits per heavy atom. The van der Waals surface area contributed by atoms with Gasteiger partial charge in [-0.15, -0.1) is 0 Å². The number of rotatable bonds is 5. The molecule has 3 nitrogen and oxygen atoms in total. The van der Waals surface area contributed by atoms with Crippen molar-refractivity contribution in [3.8, 4) is 5.75 Å². The molecule has 0 aliphatic rings. The van der Waals surface area contributed by atoms with E-state index in [2.05, 4.69) is 35.6 Å². The van der Waals surface area contributed by atoms with Crippen molar-refractivity contribution in [2.45, 2.75) is 19.9 Å². The minimum atomic E-state index is -0.125. The number of nitrogens with one attached hydrogen (secondary N) is 1. The summed E-state index contributed by atoms with van der Waals surface area (Å²) in [5.41, 5.74) is 1.64. The number of hydrogen-bond acceptors (Lipinski definition) is 2. The summed E-state index contributed by atoms with van der Waals surface area (Å²) in [6, 6.07) is 21.7. The van der Waals surface area contributed by atoms with Crippen LogP contribution in [0.5, 0.6) is 5.75 Å². The molecule has 3 aromatic carbocycles. The van der Waals surface area contributed by atoms with Gasteiger partial charge in [-0.2, -0.15) is 0 Å². The topological polar surface area (TPSA) is 38.3 Å². The first-order valence-corrected chi connectivity index (χ1v) is 8.20. The van der Waals surface area contributed by atoms with Crippen LogP contribution in [0.2, 0.25) is 0 Å². The fraction of sp³-hybridized carbons (Fsp3) is 0.190. The molecule has 0 fully saturated rings. The van der Waals surface area contributed by atoms with E-state index in [1.165, 1.54) is 10.8 Å². The summed E-state index contributed by atoms with van der Waals surface area (Å²) in [6.07, 6.45) is 0. The predicted octanol–water partition coefficient (Wildman–Crippen LogP) is 4.73. The van der Waals surface area contributed by atoms with Crippen molar-refractivity contribution >= 4 is 16.7 Å². The molecule has 1 amide bonds. The minimum absolute atomic E-state index is 0.0863. The maximum atomic E-state index is 12.6. The first-order chi connectivity index (χ1) is 11.7. The van der Waals surface area contributed by atoms with E-state index in [4.69, 9.17) is 4.74 Å². The van der Waals surface area contributed by atoms with E-state index >= 15 is 0 Å². The number of benzene rings is 3. The van der Waals surface area contributed by atoms with Gasteiger partial charge >= 0.3 is 0 Å². The van der Waals surface area contributed by atoms with Gasteiger partial charge in [-0.25, -0.2) is 0 Å². The summed E-state index contributed by atoms with van der Waals surface area (Å²) in [4.78, 5) is 12.6. The average molecular weight is 319 g/mol. The van der Waals surface area contributed by atoms with Gasteiger partial charge in [-0.3, -0.25) is 4.79 Å².